The lowest BCUT2D eigenvalue weighted by Gasteiger charge is -2.42. The fourth-order valence-corrected chi connectivity index (χ4v) is 10.6. The molecule has 1 saturated heterocycles. The third kappa shape index (κ3) is 5.30. The summed E-state index contributed by atoms with van der Waals surface area (Å²) >= 11 is 7.12. The highest BCUT2D eigenvalue weighted by atomic mass is 32.9. The zero-order valence-electron chi connectivity index (χ0n) is 12.0. The van der Waals surface area contributed by atoms with E-state index in [9.17, 15) is 4.79 Å². The van der Waals surface area contributed by atoms with Crippen LogP contribution in [0.15, 0.2) is 0 Å². The summed E-state index contributed by atoms with van der Waals surface area (Å²) in [6.07, 6.45) is 1.44. The summed E-state index contributed by atoms with van der Waals surface area (Å²) in [6.45, 7) is 11.8. The Morgan fingerprint density at radius 2 is 2.11 bits per heavy atom. The van der Waals surface area contributed by atoms with Gasteiger partial charge in [-0.05, 0) is 53.3 Å². The molecule has 106 valence electrons. The van der Waals surface area contributed by atoms with Gasteiger partial charge >= 0.3 is 0 Å². The summed E-state index contributed by atoms with van der Waals surface area (Å²) in [5.41, 5.74) is -2.61. The van der Waals surface area contributed by atoms with Gasteiger partial charge in [-0.2, -0.15) is 0 Å². The Bertz CT molecular complexity index is 380. The molecule has 0 amide bonds. The van der Waals surface area contributed by atoms with E-state index in [2.05, 4.69) is 0 Å². The molecule has 3 nitrogen and oxygen atoms in total. The second-order valence-electron chi connectivity index (χ2n) is 6.15. The average molecular weight is 310 g/mol. The monoisotopic (exact) mass is 310 g/mol. The van der Waals surface area contributed by atoms with Gasteiger partial charge in [0.25, 0.3) is 0 Å². The number of carbonyl (C=O) groups excluding carboxylic acids is 1. The van der Waals surface area contributed by atoms with Crippen LogP contribution in [-0.2, 0) is 25.6 Å². The second kappa shape index (κ2) is 5.53. The van der Waals surface area contributed by atoms with Crippen molar-refractivity contribution in [2.45, 2.75) is 70.8 Å². The molecule has 6 heteroatoms. The quantitative estimate of drug-likeness (QED) is 0.723. The average Bonchev–Trinajstić information content (AvgIpc) is 1.90. The van der Waals surface area contributed by atoms with E-state index in [1.165, 1.54) is 11.4 Å². The summed E-state index contributed by atoms with van der Waals surface area (Å²) in [7, 11) is 0. The van der Waals surface area contributed by atoms with Gasteiger partial charge in [0.2, 0.25) is 5.69 Å². The Balaban J connectivity index is 2.81. The van der Waals surface area contributed by atoms with Crippen LogP contribution < -0.4 is 0 Å². The van der Waals surface area contributed by atoms with E-state index in [1.807, 2.05) is 34.6 Å². The molecule has 1 rings (SSSR count). The molecule has 2 atom stereocenters. The number of Topliss-reactive ketones (excluding diaryl/α,β-unsaturated/α-hetero) is 1. The summed E-state index contributed by atoms with van der Waals surface area (Å²) < 4.78 is 11.6. The first-order valence-electron chi connectivity index (χ1n) is 6.12. The minimum Gasteiger partial charge on any atom is -0.318 e. The molecule has 1 aliphatic heterocycles. The van der Waals surface area contributed by atoms with Crippen molar-refractivity contribution in [1.29, 1.82) is 0 Å². The lowest BCUT2D eigenvalue weighted by Crippen LogP contribution is -2.34. The maximum Gasteiger partial charge on any atom is 0.248 e. The van der Waals surface area contributed by atoms with Crippen molar-refractivity contribution in [3.63, 3.8) is 0 Å². The predicted octanol–water partition coefficient (Wildman–Crippen LogP) is 4.31. The second-order valence-corrected chi connectivity index (χ2v) is 12.8. The van der Waals surface area contributed by atoms with Gasteiger partial charge in [0.1, 0.15) is 5.78 Å². The zero-order valence-corrected chi connectivity index (χ0v) is 14.5. The van der Waals surface area contributed by atoms with Crippen LogP contribution in [0.3, 0.4) is 0 Å². The Labute approximate surface area is 119 Å². The van der Waals surface area contributed by atoms with Crippen LogP contribution in [0.5, 0.6) is 0 Å². The van der Waals surface area contributed by atoms with Gasteiger partial charge < -0.3 is 9.05 Å². The topological polar surface area (TPSA) is 35.5 Å². The highest BCUT2D eigenvalue weighted by Gasteiger charge is 2.42. The highest BCUT2D eigenvalue weighted by Crippen LogP contribution is 2.70. The number of rotatable bonds is 4. The van der Waals surface area contributed by atoms with Gasteiger partial charge in [-0.15, -0.1) is 0 Å². The molecule has 0 spiro atoms. The first-order chi connectivity index (χ1) is 7.93. The molecule has 0 N–H and O–H groups in total. The molecule has 1 heterocycles. The van der Waals surface area contributed by atoms with Crippen LogP contribution >= 0.6 is 17.1 Å². The largest absolute Gasteiger partial charge is 0.318 e. The standard InChI is InChI=1S/C12H23O3PS2/c1-9(13)7-12(5,6)18-16(17)14-10(2)8-11(3,4)15-16/h10H,7-8H2,1-6H3. The molecule has 0 bridgehead atoms. The van der Waals surface area contributed by atoms with Crippen LogP contribution in [-0.4, -0.2) is 22.2 Å². The Kier molecular flexibility index (Phi) is 5.11. The molecule has 0 aliphatic carbocycles. The molecule has 0 aromatic carbocycles. The van der Waals surface area contributed by atoms with E-state index in [-0.39, 0.29) is 22.2 Å². The first-order valence-corrected chi connectivity index (χ1v) is 10.2. The lowest BCUT2D eigenvalue weighted by atomic mass is 10.0. The molecule has 0 radical (unpaired) electrons. The van der Waals surface area contributed by atoms with Crippen molar-refractivity contribution < 1.29 is 13.8 Å². The molecule has 0 aromatic heterocycles. The van der Waals surface area contributed by atoms with Crippen LogP contribution in [0.25, 0.3) is 0 Å². The Morgan fingerprint density at radius 1 is 1.56 bits per heavy atom. The van der Waals surface area contributed by atoms with Crippen molar-refractivity contribution in [3.05, 3.63) is 0 Å². The van der Waals surface area contributed by atoms with Crippen molar-refractivity contribution in [1.82, 2.24) is 0 Å². The third-order valence-corrected chi connectivity index (χ3v) is 8.47. The summed E-state index contributed by atoms with van der Waals surface area (Å²) in [4.78, 5) is 11.3. The number of carbonyl (C=O) groups is 1. The molecule has 1 fully saturated rings. The summed E-state index contributed by atoms with van der Waals surface area (Å²) in [5.74, 6) is 0.165. The van der Waals surface area contributed by atoms with Crippen LogP contribution in [0, 0.1) is 0 Å². The van der Waals surface area contributed by atoms with Gasteiger partial charge in [-0.25, -0.2) is 0 Å². The number of hydrogen-bond donors (Lipinski definition) is 0. The molecule has 0 saturated carbocycles. The normalized spacial score (nSPS) is 32.2. The molecule has 1 aliphatic rings. The Hall–Kier alpha value is 0.590. The molecule has 0 aromatic rings. The van der Waals surface area contributed by atoms with Crippen molar-refractivity contribution in [2.75, 3.05) is 0 Å². The van der Waals surface area contributed by atoms with Gasteiger partial charge in [-0.3, -0.25) is 4.79 Å². The maximum atomic E-state index is 11.3. The first kappa shape index (κ1) is 16.6. The third-order valence-electron chi connectivity index (χ3n) is 2.48. The SMILES string of the molecule is CC(=O)CC(C)(C)SP1(=S)OC(C)CC(C)(C)O1. The van der Waals surface area contributed by atoms with Gasteiger partial charge in [0.15, 0.2) is 0 Å². The summed E-state index contributed by atoms with van der Waals surface area (Å²) in [5, 5.41) is 0. The van der Waals surface area contributed by atoms with Gasteiger partial charge in [-0.1, -0.05) is 11.4 Å². The zero-order chi connectivity index (χ0) is 14.2. The minimum atomic E-state index is -2.37. The smallest absolute Gasteiger partial charge is 0.248 e. The number of ketones is 1. The van der Waals surface area contributed by atoms with Crippen LogP contribution in [0.2, 0.25) is 0 Å². The van der Waals surface area contributed by atoms with Gasteiger partial charge in [0, 0.05) is 17.6 Å². The highest BCUT2D eigenvalue weighted by molar-refractivity contribution is 8.68. The van der Waals surface area contributed by atoms with Crippen LogP contribution in [0.4, 0.5) is 0 Å². The van der Waals surface area contributed by atoms with E-state index >= 15 is 0 Å². The van der Waals surface area contributed by atoms with E-state index in [0.717, 1.165) is 6.42 Å². The molecule has 18 heavy (non-hydrogen) atoms. The maximum absolute atomic E-state index is 11.3. The summed E-state index contributed by atoms with van der Waals surface area (Å²) in [6, 6.07) is 0. The van der Waals surface area contributed by atoms with Crippen molar-refractivity contribution in [2.24, 2.45) is 0 Å². The van der Waals surface area contributed by atoms with E-state index in [0.29, 0.717) is 6.42 Å². The van der Waals surface area contributed by atoms with E-state index < -0.39 is 5.69 Å². The van der Waals surface area contributed by atoms with Crippen molar-refractivity contribution in [3.8, 4) is 0 Å². The van der Waals surface area contributed by atoms with E-state index in [4.69, 9.17) is 20.9 Å². The minimum absolute atomic E-state index is 0.111. The van der Waals surface area contributed by atoms with Gasteiger partial charge in [0.05, 0.1) is 11.7 Å². The Morgan fingerprint density at radius 3 is 2.56 bits per heavy atom. The molecule has 2 unspecified atom stereocenters. The molecular formula is C12H23O3PS2. The van der Waals surface area contributed by atoms with Crippen molar-refractivity contribution >= 4 is 34.7 Å². The lowest BCUT2D eigenvalue weighted by molar-refractivity contribution is -0.117. The fourth-order valence-electron chi connectivity index (χ4n) is 2.29. The predicted molar refractivity (Wildman–Crippen MR) is 81.6 cm³/mol. The number of hydrogen-bond acceptors (Lipinski definition) is 5. The van der Waals surface area contributed by atoms with Crippen LogP contribution in [0.1, 0.15) is 54.4 Å². The fraction of sp³-hybridized carbons (Fsp3) is 0.917. The molecular weight excluding hydrogens is 287 g/mol. The van der Waals surface area contributed by atoms with E-state index in [1.54, 1.807) is 6.92 Å².